The molecule has 10 heavy (non-hydrogen) atoms. The van der Waals surface area contributed by atoms with Gasteiger partial charge in [0.25, 0.3) is 0 Å². The van der Waals surface area contributed by atoms with Crippen molar-refractivity contribution >= 4 is 0 Å². The van der Waals surface area contributed by atoms with Crippen LogP contribution in [0.1, 0.15) is 25.7 Å². The van der Waals surface area contributed by atoms with Crippen molar-refractivity contribution in [3.8, 4) is 0 Å². The van der Waals surface area contributed by atoms with Crippen molar-refractivity contribution < 1.29 is 9.47 Å². The van der Waals surface area contributed by atoms with Crippen LogP contribution in [0, 0.1) is 0 Å². The zero-order valence-corrected chi connectivity index (χ0v) is 6.21. The third-order valence-corrected chi connectivity index (χ3v) is 2.32. The fourth-order valence-electron chi connectivity index (χ4n) is 1.71. The molecule has 2 aliphatic heterocycles. The van der Waals surface area contributed by atoms with E-state index in [0.717, 1.165) is 19.6 Å². The van der Waals surface area contributed by atoms with Gasteiger partial charge < -0.3 is 9.47 Å². The third-order valence-electron chi connectivity index (χ3n) is 2.32. The number of hydrogen-bond acceptors (Lipinski definition) is 2. The standard InChI is InChI=1S/C8H14O2/c1-2-4-9-8-5-7(3-1)10-6-8/h7-8H,1-6H2. The predicted molar refractivity (Wildman–Crippen MR) is 37.9 cm³/mol. The third kappa shape index (κ3) is 1.32. The molecule has 2 heteroatoms. The zero-order chi connectivity index (χ0) is 6.81. The second kappa shape index (κ2) is 2.89. The first-order valence-corrected chi connectivity index (χ1v) is 4.18. The summed E-state index contributed by atoms with van der Waals surface area (Å²) in [6.45, 7) is 1.78. The van der Waals surface area contributed by atoms with E-state index in [9.17, 15) is 0 Å². The molecule has 2 saturated heterocycles. The van der Waals surface area contributed by atoms with Crippen LogP contribution in [0.15, 0.2) is 0 Å². The molecule has 0 spiro atoms. The molecule has 0 saturated carbocycles. The topological polar surface area (TPSA) is 18.5 Å². The molecule has 2 rings (SSSR count). The van der Waals surface area contributed by atoms with Crippen LogP contribution in [0.25, 0.3) is 0 Å². The van der Waals surface area contributed by atoms with Crippen molar-refractivity contribution in [2.75, 3.05) is 13.2 Å². The lowest BCUT2D eigenvalue weighted by molar-refractivity contribution is 0.0429. The highest BCUT2D eigenvalue weighted by molar-refractivity contribution is 4.75. The lowest BCUT2D eigenvalue weighted by Crippen LogP contribution is -2.16. The Hall–Kier alpha value is -0.0800. The SMILES string of the molecule is C1CCC2CC(CO2)OC1. The van der Waals surface area contributed by atoms with Crippen LogP contribution in [0.2, 0.25) is 0 Å². The highest BCUT2D eigenvalue weighted by Crippen LogP contribution is 2.23. The van der Waals surface area contributed by atoms with E-state index in [-0.39, 0.29) is 0 Å². The molecule has 0 amide bonds. The summed E-state index contributed by atoms with van der Waals surface area (Å²) in [5.41, 5.74) is 0. The monoisotopic (exact) mass is 142 g/mol. The Balaban J connectivity index is 1.91. The number of fused-ring (bicyclic) bond motifs is 2. The minimum atomic E-state index is 0.422. The van der Waals surface area contributed by atoms with E-state index < -0.39 is 0 Å². The lowest BCUT2D eigenvalue weighted by Gasteiger charge is -2.13. The second-order valence-electron chi connectivity index (χ2n) is 3.18. The van der Waals surface area contributed by atoms with E-state index in [4.69, 9.17) is 9.47 Å². The Kier molecular flexibility index (Phi) is 1.91. The van der Waals surface area contributed by atoms with Gasteiger partial charge in [-0.25, -0.2) is 0 Å². The van der Waals surface area contributed by atoms with Crippen LogP contribution in [0.3, 0.4) is 0 Å². The zero-order valence-electron chi connectivity index (χ0n) is 6.21. The van der Waals surface area contributed by atoms with Gasteiger partial charge in [-0.3, -0.25) is 0 Å². The molecule has 2 atom stereocenters. The van der Waals surface area contributed by atoms with Gasteiger partial charge in [-0.05, 0) is 19.3 Å². The molecule has 0 N–H and O–H groups in total. The number of ether oxygens (including phenoxy) is 2. The Labute approximate surface area is 61.5 Å². The van der Waals surface area contributed by atoms with Gasteiger partial charge in [-0.15, -0.1) is 0 Å². The molecular formula is C8H14O2. The normalized spacial score (nSPS) is 40.8. The molecule has 2 unspecified atom stereocenters. The predicted octanol–water partition coefficient (Wildman–Crippen LogP) is 1.34. The Morgan fingerprint density at radius 2 is 2.00 bits per heavy atom. The van der Waals surface area contributed by atoms with Crippen molar-refractivity contribution in [3.05, 3.63) is 0 Å². The van der Waals surface area contributed by atoms with E-state index in [1.807, 2.05) is 0 Å². The van der Waals surface area contributed by atoms with Crippen LogP contribution in [-0.4, -0.2) is 25.4 Å². The van der Waals surface area contributed by atoms with Gasteiger partial charge in [0, 0.05) is 13.0 Å². The Morgan fingerprint density at radius 1 is 1.00 bits per heavy atom. The van der Waals surface area contributed by atoms with Gasteiger partial charge >= 0.3 is 0 Å². The van der Waals surface area contributed by atoms with Gasteiger partial charge in [0.1, 0.15) is 0 Å². The summed E-state index contributed by atoms with van der Waals surface area (Å²) in [6.07, 6.45) is 5.82. The van der Waals surface area contributed by atoms with Crippen LogP contribution in [0.4, 0.5) is 0 Å². The molecule has 58 valence electrons. The molecule has 0 aromatic heterocycles. The summed E-state index contributed by atoms with van der Waals surface area (Å²) in [7, 11) is 0. The molecule has 0 radical (unpaired) electrons. The minimum absolute atomic E-state index is 0.422. The summed E-state index contributed by atoms with van der Waals surface area (Å²) in [6, 6.07) is 0. The van der Waals surface area contributed by atoms with Crippen molar-refractivity contribution in [2.24, 2.45) is 0 Å². The summed E-state index contributed by atoms with van der Waals surface area (Å²) in [4.78, 5) is 0. The van der Waals surface area contributed by atoms with E-state index in [2.05, 4.69) is 0 Å². The van der Waals surface area contributed by atoms with E-state index in [1.54, 1.807) is 0 Å². The Bertz CT molecular complexity index is 102. The average Bonchev–Trinajstić information content (AvgIpc) is 2.30. The average molecular weight is 142 g/mol. The first-order chi connectivity index (χ1) is 4.95. The van der Waals surface area contributed by atoms with Gasteiger partial charge in [0.2, 0.25) is 0 Å². The fourth-order valence-corrected chi connectivity index (χ4v) is 1.71. The van der Waals surface area contributed by atoms with Gasteiger partial charge in [0.15, 0.2) is 0 Å². The quantitative estimate of drug-likeness (QED) is 0.508. The van der Waals surface area contributed by atoms with Crippen LogP contribution < -0.4 is 0 Å². The molecule has 0 aliphatic carbocycles. The van der Waals surface area contributed by atoms with Gasteiger partial charge in [-0.2, -0.15) is 0 Å². The van der Waals surface area contributed by atoms with E-state index in [1.165, 1.54) is 19.3 Å². The second-order valence-corrected chi connectivity index (χ2v) is 3.18. The molecule has 0 aromatic rings. The first kappa shape index (κ1) is 6.62. The minimum Gasteiger partial charge on any atom is -0.376 e. The van der Waals surface area contributed by atoms with Crippen molar-refractivity contribution in [1.82, 2.24) is 0 Å². The number of hydrogen-bond donors (Lipinski definition) is 0. The summed E-state index contributed by atoms with van der Waals surface area (Å²) >= 11 is 0. The van der Waals surface area contributed by atoms with Crippen LogP contribution >= 0.6 is 0 Å². The number of rotatable bonds is 0. The lowest BCUT2D eigenvalue weighted by atomic mass is 10.1. The molecule has 0 aromatic carbocycles. The maximum atomic E-state index is 5.55. The summed E-state index contributed by atoms with van der Waals surface area (Å²) in [5.74, 6) is 0. The van der Waals surface area contributed by atoms with Crippen molar-refractivity contribution in [1.29, 1.82) is 0 Å². The Morgan fingerprint density at radius 3 is 3.00 bits per heavy atom. The molecule has 2 bridgehead atoms. The first-order valence-electron chi connectivity index (χ1n) is 4.18. The summed E-state index contributed by atoms with van der Waals surface area (Å²) < 4.78 is 11.1. The highest BCUT2D eigenvalue weighted by atomic mass is 16.6. The van der Waals surface area contributed by atoms with E-state index in [0.29, 0.717) is 12.2 Å². The maximum absolute atomic E-state index is 5.55. The largest absolute Gasteiger partial charge is 0.376 e. The highest BCUT2D eigenvalue weighted by Gasteiger charge is 2.26. The van der Waals surface area contributed by atoms with Crippen LogP contribution in [-0.2, 0) is 9.47 Å². The van der Waals surface area contributed by atoms with Crippen LogP contribution in [0.5, 0.6) is 0 Å². The molecule has 2 aliphatic rings. The molecule has 2 fully saturated rings. The summed E-state index contributed by atoms with van der Waals surface area (Å²) in [5, 5.41) is 0. The van der Waals surface area contributed by atoms with E-state index >= 15 is 0 Å². The van der Waals surface area contributed by atoms with Gasteiger partial charge in [0.05, 0.1) is 18.8 Å². The van der Waals surface area contributed by atoms with Crippen molar-refractivity contribution in [3.63, 3.8) is 0 Å². The van der Waals surface area contributed by atoms with Gasteiger partial charge in [-0.1, -0.05) is 0 Å². The fraction of sp³-hybridized carbons (Fsp3) is 1.00. The molecule has 2 nitrogen and oxygen atoms in total. The maximum Gasteiger partial charge on any atom is 0.0833 e. The molecular weight excluding hydrogens is 128 g/mol. The molecule has 2 heterocycles. The van der Waals surface area contributed by atoms with Crippen molar-refractivity contribution in [2.45, 2.75) is 37.9 Å². The smallest absolute Gasteiger partial charge is 0.0833 e.